The van der Waals surface area contributed by atoms with Crippen LogP contribution in [0.4, 0.5) is 0 Å². The van der Waals surface area contributed by atoms with E-state index in [1.807, 2.05) is 6.92 Å². The van der Waals surface area contributed by atoms with Crippen LogP contribution in [0.15, 0.2) is 65.2 Å². The molecule has 0 aliphatic heterocycles. The van der Waals surface area contributed by atoms with Crippen molar-refractivity contribution in [3.05, 3.63) is 60.3 Å². The molecule has 0 aliphatic rings. The molecule has 182 valence electrons. The van der Waals surface area contributed by atoms with E-state index in [-0.39, 0.29) is 0 Å². The lowest BCUT2D eigenvalue weighted by molar-refractivity contribution is 0.442. The molecule has 0 aromatic heterocycles. The van der Waals surface area contributed by atoms with Crippen LogP contribution in [0.1, 0.15) is 60.8 Å². The standard InChI is InChI=1S/C28H50N4/c1-7-9-13-18-27(5)25-30-20-16-19-29-21-22-31-28(6)32(23-10-8-2)24-15-12-11-14-17-26(3)4/h7,9,11-15,17-18,27,29-30H,8,10,16,19-25H2,1-6H3/b9-7-,14-11-,15-12+,18-13-,31-28?. The summed E-state index contributed by atoms with van der Waals surface area (Å²) in [4.78, 5) is 7.18. The van der Waals surface area contributed by atoms with Gasteiger partial charge in [0.2, 0.25) is 0 Å². The van der Waals surface area contributed by atoms with E-state index >= 15 is 0 Å². The zero-order valence-electron chi connectivity index (χ0n) is 21.7. The van der Waals surface area contributed by atoms with E-state index in [0.717, 1.165) is 58.1 Å². The van der Waals surface area contributed by atoms with Gasteiger partial charge in [0.05, 0.1) is 12.4 Å². The Kier molecular flexibility index (Phi) is 21.0. The van der Waals surface area contributed by atoms with E-state index in [4.69, 9.17) is 4.99 Å². The lowest BCUT2D eigenvalue weighted by Gasteiger charge is -2.22. The van der Waals surface area contributed by atoms with Crippen LogP contribution in [-0.4, -0.2) is 56.5 Å². The molecule has 0 aliphatic carbocycles. The Labute approximate surface area is 199 Å². The second-order valence-corrected chi connectivity index (χ2v) is 8.48. The van der Waals surface area contributed by atoms with Crippen LogP contribution in [-0.2, 0) is 0 Å². The monoisotopic (exact) mass is 442 g/mol. The minimum Gasteiger partial charge on any atom is -0.357 e. The molecule has 0 spiro atoms. The first-order valence-corrected chi connectivity index (χ1v) is 12.4. The lowest BCUT2D eigenvalue weighted by Crippen LogP contribution is -2.31. The van der Waals surface area contributed by atoms with Gasteiger partial charge in [0.15, 0.2) is 0 Å². The highest BCUT2D eigenvalue weighted by Crippen LogP contribution is 1.99. The Balaban J connectivity index is 4.09. The lowest BCUT2D eigenvalue weighted by atomic mass is 10.1. The van der Waals surface area contributed by atoms with Gasteiger partial charge in [-0.25, -0.2) is 0 Å². The molecule has 0 saturated heterocycles. The van der Waals surface area contributed by atoms with Crippen molar-refractivity contribution < 1.29 is 0 Å². The first-order chi connectivity index (χ1) is 15.5. The van der Waals surface area contributed by atoms with Gasteiger partial charge in [0, 0.05) is 26.2 Å². The predicted molar refractivity (Wildman–Crippen MR) is 146 cm³/mol. The summed E-state index contributed by atoms with van der Waals surface area (Å²) in [7, 11) is 0. The number of hydrogen-bond acceptors (Lipinski definition) is 3. The number of allylic oxidation sites excluding steroid dienone is 8. The molecule has 32 heavy (non-hydrogen) atoms. The Morgan fingerprint density at radius 3 is 2.44 bits per heavy atom. The maximum absolute atomic E-state index is 4.80. The van der Waals surface area contributed by atoms with Crippen molar-refractivity contribution in [3.63, 3.8) is 0 Å². The molecule has 0 aromatic carbocycles. The molecule has 4 nitrogen and oxygen atoms in total. The summed E-state index contributed by atoms with van der Waals surface area (Å²) in [6.07, 6.45) is 22.7. The molecule has 0 aromatic rings. The fourth-order valence-corrected chi connectivity index (χ4v) is 2.94. The highest BCUT2D eigenvalue weighted by atomic mass is 15.2. The zero-order chi connectivity index (χ0) is 23.9. The van der Waals surface area contributed by atoms with E-state index in [0.29, 0.717) is 5.92 Å². The molecule has 0 rings (SSSR count). The Morgan fingerprint density at radius 2 is 1.72 bits per heavy atom. The van der Waals surface area contributed by atoms with Crippen LogP contribution in [0, 0.1) is 5.92 Å². The number of hydrogen-bond donors (Lipinski definition) is 2. The second-order valence-electron chi connectivity index (χ2n) is 8.48. The van der Waals surface area contributed by atoms with E-state index < -0.39 is 0 Å². The fraction of sp³-hybridized carbons (Fsp3) is 0.607. The van der Waals surface area contributed by atoms with Gasteiger partial charge in [-0.05, 0) is 59.5 Å². The summed E-state index contributed by atoms with van der Waals surface area (Å²) in [5, 5.41) is 7.04. The third-order valence-corrected chi connectivity index (χ3v) is 4.90. The van der Waals surface area contributed by atoms with E-state index in [2.05, 4.69) is 105 Å². The Bertz CT molecular complexity index is 607. The molecule has 1 atom stereocenters. The maximum atomic E-state index is 4.80. The number of unbranched alkanes of at least 4 members (excludes halogenated alkanes) is 1. The third kappa shape index (κ3) is 20.0. The van der Waals surface area contributed by atoms with E-state index in [1.54, 1.807) is 0 Å². The van der Waals surface area contributed by atoms with Gasteiger partial charge in [0.25, 0.3) is 0 Å². The largest absolute Gasteiger partial charge is 0.357 e. The molecular weight excluding hydrogens is 392 g/mol. The summed E-state index contributed by atoms with van der Waals surface area (Å²) in [5.41, 5.74) is 1.31. The Hall–Kier alpha value is -1.91. The van der Waals surface area contributed by atoms with E-state index in [1.165, 1.54) is 18.4 Å². The van der Waals surface area contributed by atoms with Crippen molar-refractivity contribution >= 4 is 5.84 Å². The minimum atomic E-state index is 0.565. The molecule has 0 heterocycles. The summed E-state index contributed by atoms with van der Waals surface area (Å²) >= 11 is 0. The summed E-state index contributed by atoms with van der Waals surface area (Å²) in [5.74, 6) is 1.70. The van der Waals surface area contributed by atoms with Gasteiger partial charge in [-0.15, -0.1) is 0 Å². The van der Waals surface area contributed by atoms with Crippen molar-refractivity contribution in [1.82, 2.24) is 15.5 Å². The number of nitrogens with zero attached hydrogens (tertiary/aromatic N) is 2. The molecule has 0 fully saturated rings. The molecule has 1 unspecified atom stereocenters. The van der Waals surface area contributed by atoms with Crippen molar-refractivity contribution in [3.8, 4) is 0 Å². The maximum Gasteiger partial charge on any atom is 0.0960 e. The van der Waals surface area contributed by atoms with Crippen molar-refractivity contribution in [1.29, 1.82) is 0 Å². The smallest absolute Gasteiger partial charge is 0.0960 e. The third-order valence-electron chi connectivity index (χ3n) is 4.90. The summed E-state index contributed by atoms with van der Waals surface area (Å²) in [6, 6.07) is 0. The molecular formula is C28H50N4. The highest BCUT2D eigenvalue weighted by molar-refractivity contribution is 5.79. The predicted octanol–water partition coefficient (Wildman–Crippen LogP) is 5.92. The molecule has 4 heteroatoms. The average molecular weight is 443 g/mol. The quantitative estimate of drug-likeness (QED) is 0.120. The number of amidine groups is 1. The molecule has 0 saturated carbocycles. The fourth-order valence-electron chi connectivity index (χ4n) is 2.94. The van der Waals surface area contributed by atoms with Gasteiger partial charge in [0.1, 0.15) is 0 Å². The van der Waals surface area contributed by atoms with Gasteiger partial charge in [-0.1, -0.05) is 80.5 Å². The number of aliphatic imine (C=N–C) groups is 1. The number of nitrogens with one attached hydrogen (secondary N) is 2. The summed E-state index contributed by atoms with van der Waals surface area (Å²) in [6.45, 7) is 19.7. The van der Waals surface area contributed by atoms with Crippen molar-refractivity contribution in [2.75, 3.05) is 45.8 Å². The van der Waals surface area contributed by atoms with Crippen LogP contribution in [0.5, 0.6) is 0 Å². The SMILES string of the molecule is C/C=C\C=C/C(C)CNCCCNCCN=C(C)N(C/C=C/C=C\C=C(C)C)CCCC. The van der Waals surface area contributed by atoms with Gasteiger partial charge in [-0.3, -0.25) is 4.99 Å². The van der Waals surface area contributed by atoms with Crippen molar-refractivity contribution in [2.24, 2.45) is 10.9 Å². The number of rotatable bonds is 18. The van der Waals surface area contributed by atoms with Crippen LogP contribution in [0.3, 0.4) is 0 Å². The van der Waals surface area contributed by atoms with Crippen LogP contribution in [0.2, 0.25) is 0 Å². The average Bonchev–Trinajstić information content (AvgIpc) is 2.76. The van der Waals surface area contributed by atoms with Gasteiger partial charge in [-0.2, -0.15) is 0 Å². The molecule has 0 amide bonds. The summed E-state index contributed by atoms with van der Waals surface area (Å²) < 4.78 is 0. The zero-order valence-corrected chi connectivity index (χ0v) is 21.7. The van der Waals surface area contributed by atoms with E-state index in [9.17, 15) is 0 Å². The Morgan fingerprint density at radius 1 is 0.938 bits per heavy atom. The normalized spacial score (nSPS) is 13.8. The van der Waals surface area contributed by atoms with Crippen molar-refractivity contribution in [2.45, 2.75) is 60.8 Å². The first-order valence-electron chi connectivity index (χ1n) is 12.4. The van der Waals surface area contributed by atoms with Gasteiger partial charge >= 0.3 is 0 Å². The molecule has 2 N–H and O–H groups in total. The van der Waals surface area contributed by atoms with Crippen LogP contribution in [0.25, 0.3) is 0 Å². The highest BCUT2D eigenvalue weighted by Gasteiger charge is 2.04. The van der Waals surface area contributed by atoms with Crippen LogP contribution < -0.4 is 10.6 Å². The van der Waals surface area contributed by atoms with Crippen LogP contribution >= 0.6 is 0 Å². The molecule has 0 radical (unpaired) electrons. The minimum absolute atomic E-state index is 0.565. The molecule has 0 bridgehead atoms. The first kappa shape index (κ1) is 30.1. The van der Waals surface area contributed by atoms with Gasteiger partial charge < -0.3 is 15.5 Å². The second kappa shape index (κ2) is 22.3. The topological polar surface area (TPSA) is 39.7 Å².